The number of carbonyl (C=O) groups is 1. The van der Waals surface area contributed by atoms with Crippen LogP contribution in [0.15, 0.2) is 12.7 Å². The monoisotopic (exact) mass is 292 g/mol. The van der Waals surface area contributed by atoms with E-state index in [1.807, 2.05) is 6.08 Å². The van der Waals surface area contributed by atoms with Gasteiger partial charge < -0.3 is 0 Å². The van der Waals surface area contributed by atoms with Crippen LogP contribution in [0.4, 0.5) is 0 Å². The van der Waals surface area contributed by atoms with E-state index < -0.39 is 0 Å². The van der Waals surface area contributed by atoms with Crippen LogP contribution in [-0.4, -0.2) is 5.78 Å². The van der Waals surface area contributed by atoms with Crippen LogP contribution in [0.5, 0.6) is 0 Å². The van der Waals surface area contributed by atoms with Crippen molar-refractivity contribution in [2.45, 2.75) is 103 Å². The van der Waals surface area contributed by atoms with Crippen LogP contribution in [0.25, 0.3) is 0 Å². The van der Waals surface area contributed by atoms with E-state index in [4.69, 9.17) is 0 Å². The van der Waals surface area contributed by atoms with Crippen LogP contribution < -0.4 is 0 Å². The summed E-state index contributed by atoms with van der Waals surface area (Å²) in [6.45, 7) is 6.12. The average molecular weight is 293 g/mol. The van der Waals surface area contributed by atoms with Crippen molar-refractivity contribution in [1.29, 1.82) is 0 Å². The fraction of sp³-hybridized carbons (Fsp3) is 0.850. The third-order valence-corrected chi connectivity index (χ3v) is 5.19. The fourth-order valence-electron chi connectivity index (χ4n) is 3.80. The SMILES string of the molecule is C=CCC1(CCCCCCCCCCCC)CCCC1=O. The van der Waals surface area contributed by atoms with Gasteiger partial charge >= 0.3 is 0 Å². The van der Waals surface area contributed by atoms with Crippen LogP contribution in [-0.2, 0) is 4.79 Å². The first-order valence-corrected chi connectivity index (χ1v) is 9.39. The minimum absolute atomic E-state index is 0.0120. The van der Waals surface area contributed by atoms with E-state index in [0.29, 0.717) is 5.78 Å². The summed E-state index contributed by atoms with van der Waals surface area (Å²) < 4.78 is 0. The van der Waals surface area contributed by atoms with Crippen molar-refractivity contribution in [2.75, 3.05) is 0 Å². The van der Waals surface area contributed by atoms with E-state index in [1.165, 1.54) is 64.2 Å². The van der Waals surface area contributed by atoms with Crippen molar-refractivity contribution >= 4 is 5.78 Å². The maximum absolute atomic E-state index is 12.1. The zero-order valence-electron chi connectivity index (χ0n) is 14.3. The number of Topliss-reactive ketones (excluding diaryl/α,β-unsaturated/α-hetero) is 1. The van der Waals surface area contributed by atoms with Gasteiger partial charge in [0.1, 0.15) is 5.78 Å². The van der Waals surface area contributed by atoms with Gasteiger partial charge in [-0.2, -0.15) is 0 Å². The molecule has 0 aromatic heterocycles. The second-order valence-electron chi connectivity index (χ2n) is 6.98. The van der Waals surface area contributed by atoms with Crippen molar-refractivity contribution in [1.82, 2.24) is 0 Å². The lowest BCUT2D eigenvalue weighted by Crippen LogP contribution is -2.24. The first-order valence-electron chi connectivity index (χ1n) is 9.39. The number of allylic oxidation sites excluding steroid dienone is 1. The highest BCUT2D eigenvalue weighted by molar-refractivity contribution is 5.86. The fourth-order valence-corrected chi connectivity index (χ4v) is 3.80. The van der Waals surface area contributed by atoms with Gasteiger partial charge in [-0.3, -0.25) is 4.79 Å². The van der Waals surface area contributed by atoms with Crippen molar-refractivity contribution in [2.24, 2.45) is 5.41 Å². The maximum atomic E-state index is 12.1. The Balaban J connectivity index is 2.02. The Morgan fingerprint density at radius 3 is 2.05 bits per heavy atom. The minimum atomic E-state index is -0.0120. The molecule has 1 unspecified atom stereocenters. The molecule has 1 nitrogen and oxygen atoms in total. The van der Waals surface area contributed by atoms with Crippen LogP contribution in [0, 0.1) is 5.41 Å². The van der Waals surface area contributed by atoms with E-state index in [9.17, 15) is 4.79 Å². The Kier molecular flexibility index (Phi) is 9.70. The molecule has 0 aromatic rings. The molecular weight excluding hydrogens is 256 g/mol. The minimum Gasteiger partial charge on any atom is -0.299 e. The predicted octanol–water partition coefficient (Wildman–Crippen LogP) is 6.61. The van der Waals surface area contributed by atoms with Gasteiger partial charge in [0.05, 0.1) is 0 Å². The van der Waals surface area contributed by atoms with Crippen molar-refractivity contribution in [3.05, 3.63) is 12.7 Å². The summed E-state index contributed by atoms with van der Waals surface area (Å²) in [5, 5.41) is 0. The van der Waals surface area contributed by atoms with Gasteiger partial charge in [-0.05, 0) is 25.7 Å². The number of hydrogen-bond acceptors (Lipinski definition) is 1. The molecule has 1 aliphatic carbocycles. The lowest BCUT2D eigenvalue weighted by Gasteiger charge is -2.25. The van der Waals surface area contributed by atoms with Gasteiger partial charge in [0.2, 0.25) is 0 Å². The second-order valence-corrected chi connectivity index (χ2v) is 6.98. The molecule has 122 valence electrons. The smallest absolute Gasteiger partial charge is 0.139 e. The summed E-state index contributed by atoms with van der Waals surface area (Å²) in [6, 6.07) is 0. The molecule has 0 radical (unpaired) electrons. The van der Waals surface area contributed by atoms with Crippen LogP contribution in [0.2, 0.25) is 0 Å². The van der Waals surface area contributed by atoms with Gasteiger partial charge in [0.25, 0.3) is 0 Å². The second kappa shape index (κ2) is 11.0. The summed E-state index contributed by atoms with van der Waals surface area (Å²) >= 11 is 0. The molecular formula is C20H36O. The van der Waals surface area contributed by atoms with Crippen LogP contribution in [0.1, 0.15) is 103 Å². The molecule has 0 N–H and O–H groups in total. The van der Waals surface area contributed by atoms with E-state index in [0.717, 1.165) is 32.1 Å². The van der Waals surface area contributed by atoms with Gasteiger partial charge in [0.15, 0.2) is 0 Å². The lowest BCUT2D eigenvalue weighted by atomic mass is 9.77. The highest BCUT2D eigenvalue weighted by atomic mass is 16.1. The molecule has 1 aliphatic rings. The summed E-state index contributed by atoms with van der Waals surface area (Å²) in [7, 11) is 0. The molecule has 0 amide bonds. The Hall–Kier alpha value is -0.590. The third-order valence-electron chi connectivity index (χ3n) is 5.19. The molecule has 0 spiro atoms. The zero-order valence-corrected chi connectivity index (χ0v) is 14.3. The Morgan fingerprint density at radius 2 is 1.57 bits per heavy atom. The summed E-state index contributed by atoms with van der Waals surface area (Å²) in [6.07, 6.45) is 20.7. The average Bonchev–Trinajstić information content (AvgIpc) is 2.83. The number of carbonyl (C=O) groups excluding carboxylic acids is 1. The predicted molar refractivity (Wildman–Crippen MR) is 92.6 cm³/mol. The summed E-state index contributed by atoms with van der Waals surface area (Å²) in [4.78, 5) is 12.1. The maximum Gasteiger partial charge on any atom is 0.139 e. The largest absolute Gasteiger partial charge is 0.299 e. The lowest BCUT2D eigenvalue weighted by molar-refractivity contribution is -0.126. The summed E-state index contributed by atoms with van der Waals surface area (Å²) in [5.74, 6) is 0.512. The molecule has 0 aliphatic heterocycles. The van der Waals surface area contributed by atoms with E-state index >= 15 is 0 Å². The molecule has 0 aromatic carbocycles. The molecule has 1 saturated carbocycles. The first kappa shape index (κ1) is 18.5. The van der Waals surface area contributed by atoms with Gasteiger partial charge in [-0.1, -0.05) is 77.2 Å². The molecule has 0 saturated heterocycles. The molecule has 0 heterocycles. The topological polar surface area (TPSA) is 17.1 Å². The molecule has 1 heteroatoms. The van der Waals surface area contributed by atoms with E-state index in [1.54, 1.807) is 0 Å². The standard InChI is InChI=1S/C20H36O/c1-3-5-6-7-8-9-10-11-12-13-17-20(16-4-2)18-14-15-19(20)21/h4H,2-3,5-18H2,1H3. The van der Waals surface area contributed by atoms with Crippen molar-refractivity contribution in [3.8, 4) is 0 Å². The quantitative estimate of drug-likeness (QED) is 0.275. The zero-order chi connectivity index (χ0) is 15.4. The van der Waals surface area contributed by atoms with E-state index in [2.05, 4.69) is 13.5 Å². The molecule has 0 bridgehead atoms. The highest BCUT2D eigenvalue weighted by Crippen LogP contribution is 2.42. The molecule has 1 rings (SSSR count). The Morgan fingerprint density at radius 1 is 1.00 bits per heavy atom. The number of hydrogen-bond donors (Lipinski definition) is 0. The highest BCUT2D eigenvalue weighted by Gasteiger charge is 2.39. The number of ketones is 1. The molecule has 1 fully saturated rings. The van der Waals surface area contributed by atoms with Gasteiger partial charge in [-0.15, -0.1) is 6.58 Å². The molecule has 21 heavy (non-hydrogen) atoms. The van der Waals surface area contributed by atoms with Gasteiger partial charge in [0, 0.05) is 11.8 Å². The number of rotatable bonds is 13. The van der Waals surface area contributed by atoms with Crippen LogP contribution in [0.3, 0.4) is 0 Å². The van der Waals surface area contributed by atoms with Crippen molar-refractivity contribution in [3.63, 3.8) is 0 Å². The Bertz CT molecular complexity index is 294. The van der Waals surface area contributed by atoms with Crippen LogP contribution >= 0.6 is 0 Å². The third kappa shape index (κ3) is 6.80. The van der Waals surface area contributed by atoms with Crippen molar-refractivity contribution < 1.29 is 4.79 Å². The normalized spacial score (nSPS) is 21.9. The Labute approximate surface area is 132 Å². The van der Waals surface area contributed by atoms with E-state index in [-0.39, 0.29) is 5.41 Å². The van der Waals surface area contributed by atoms with Gasteiger partial charge in [-0.25, -0.2) is 0 Å². The summed E-state index contributed by atoms with van der Waals surface area (Å²) in [5.41, 5.74) is -0.0120. The molecule has 1 atom stereocenters. The number of unbranched alkanes of at least 4 members (excludes halogenated alkanes) is 9. The first-order chi connectivity index (χ1) is 10.2.